The van der Waals surface area contributed by atoms with Gasteiger partial charge in [-0.05, 0) is 12.8 Å². The van der Waals surface area contributed by atoms with Crippen LogP contribution in [0.25, 0.3) is 0 Å². The number of ether oxygens (including phenoxy) is 1. The molecule has 0 unspecified atom stereocenters. The van der Waals surface area contributed by atoms with Crippen molar-refractivity contribution in [1.29, 1.82) is 0 Å². The summed E-state index contributed by atoms with van der Waals surface area (Å²) >= 11 is 0. The summed E-state index contributed by atoms with van der Waals surface area (Å²) in [5.74, 6) is -0.369. The van der Waals surface area contributed by atoms with Gasteiger partial charge in [-0.3, -0.25) is 4.79 Å². The minimum absolute atomic E-state index is 0.0984. The number of hydrogen-bond acceptors (Lipinski definition) is 3. The number of carbonyl (C=O) groups excluding carboxylic acids is 1. The van der Waals surface area contributed by atoms with Crippen LogP contribution in [0.1, 0.15) is 25.7 Å². The zero-order chi connectivity index (χ0) is 8.34. The Balaban J connectivity index is 2.00. The van der Waals surface area contributed by atoms with Gasteiger partial charge in [0, 0.05) is 24.7 Å². The van der Waals surface area contributed by atoms with E-state index in [4.69, 9.17) is 4.74 Å². The van der Waals surface area contributed by atoms with E-state index in [9.17, 15) is 9.90 Å². The third-order valence-corrected chi connectivity index (χ3v) is 3.42. The fourth-order valence-corrected chi connectivity index (χ4v) is 3.02. The molecule has 2 heterocycles. The standard InChI is InChI=1S/C9H12O3/c10-8-5-1-7-2-6(8)4-9(11,3-5)12-7/h5-7,11H,1-4H2/t5-,6+,7+,9-. The van der Waals surface area contributed by atoms with Crippen molar-refractivity contribution in [3.63, 3.8) is 0 Å². The van der Waals surface area contributed by atoms with Crippen LogP contribution in [0.5, 0.6) is 0 Å². The molecule has 0 amide bonds. The molecule has 3 nitrogen and oxygen atoms in total. The van der Waals surface area contributed by atoms with Gasteiger partial charge in [-0.2, -0.15) is 0 Å². The molecule has 12 heavy (non-hydrogen) atoms. The summed E-state index contributed by atoms with van der Waals surface area (Å²) in [4.78, 5) is 11.5. The molecule has 4 bridgehead atoms. The Hall–Kier alpha value is -0.410. The van der Waals surface area contributed by atoms with Crippen molar-refractivity contribution >= 4 is 5.78 Å². The zero-order valence-electron chi connectivity index (χ0n) is 6.82. The lowest BCUT2D eigenvalue weighted by molar-refractivity contribution is -0.305. The highest BCUT2D eigenvalue weighted by molar-refractivity contribution is 5.85. The summed E-state index contributed by atoms with van der Waals surface area (Å²) in [6, 6.07) is 0. The first kappa shape index (κ1) is 7.04. The van der Waals surface area contributed by atoms with Crippen molar-refractivity contribution < 1.29 is 14.6 Å². The summed E-state index contributed by atoms with van der Waals surface area (Å²) in [6.07, 6.45) is 2.93. The van der Waals surface area contributed by atoms with E-state index < -0.39 is 5.79 Å². The molecule has 0 aromatic heterocycles. The van der Waals surface area contributed by atoms with Crippen LogP contribution in [0.3, 0.4) is 0 Å². The summed E-state index contributed by atoms with van der Waals surface area (Å²) < 4.78 is 5.46. The predicted molar refractivity (Wildman–Crippen MR) is 40.3 cm³/mol. The monoisotopic (exact) mass is 168 g/mol. The first-order valence-corrected chi connectivity index (χ1v) is 4.60. The molecule has 2 aliphatic heterocycles. The number of ketones is 1. The van der Waals surface area contributed by atoms with E-state index in [-0.39, 0.29) is 17.9 Å². The van der Waals surface area contributed by atoms with Gasteiger partial charge in [0.05, 0.1) is 6.10 Å². The molecule has 1 N–H and O–H groups in total. The second kappa shape index (κ2) is 1.91. The predicted octanol–water partition coefficient (Wildman–Crippen LogP) is 0.463. The fraction of sp³-hybridized carbons (Fsp3) is 0.889. The van der Waals surface area contributed by atoms with Crippen LogP contribution in [-0.4, -0.2) is 22.8 Å². The molecular formula is C9H12O3. The summed E-state index contributed by atoms with van der Waals surface area (Å²) in [5.41, 5.74) is 0. The molecule has 2 saturated carbocycles. The molecule has 4 aliphatic rings. The Morgan fingerprint density at radius 1 is 1.33 bits per heavy atom. The van der Waals surface area contributed by atoms with Gasteiger partial charge in [0.1, 0.15) is 5.78 Å². The van der Waals surface area contributed by atoms with Crippen molar-refractivity contribution in [3.05, 3.63) is 0 Å². The van der Waals surface area contributed by atoms with Crippen molar-refractivity contribution in [2.75, 3.05) is 0 Å². The molecule has 4 rings (SSSR count). The van der Waals surface area contributed by atoms with Gasteiger partial charge in [-0.1, -0.05) is 0 Å². The Labute approximate surface area is 70.7 Å². The highest BCUT2D eigenvalue weighted by atomic mass is 16.6. The minimum Gasteiger partial charge on any atom is -0.365 e. The Kier molecular flexibility index (Phi) is 1.12. The lowest BCUT2D eigenvalue weighted by atomic mass is 9.65. The van der Waals surface area contributed by atoms with Crippen LogP contribution in [-0.2, 0) is 9.53 Å². The van der Waals surface area contributed by atoms with Crippen LogP contribution in [0.4, 0.5) is 0 Å². The largest absolute Gasteiger partial charge is 0.365 e. The number of Topliss-reactive ketones (excluding diaryl/α,β-unsaturated/α-hetero) is 1. The van der Waals surface area contributed by atoms with Gasteiger partial charge < -0.3 is 9.84 Å². The average Bonchev–Trinajstić information content (AvgIpc) is 1.96. The highest BCUT2D eigenvalue weighted by Gasteiger charge is 2.55. The molecule has 4 atom stereocenters. The third kappa shape index (κ3) is 0.756. The smallest absolute Gasteiger partial charge is 0.167 e. The van der Waals surface area contributed by atoms with E-state index in [0.29, 0.717) is 18.6 Å². The van der Waals surface area contributed by atoms with E-state index in [1.54, 1.807) is 0 Å². The minimum atomic E-state index is -0.940. The molecular weight excluding hydrogens is 156 g/mol. The SMILES string of the molecule is O=C1[C@@H]2C[C@H]3C[C@H]1C[C@@](O)(C2)O3. The zero-order valence-corrected chi connectivity index (χ0v) is 6.82. The Bertz CT molecular complexity index is 230. The van der Waals surface area contributed by atoms with Gasteiger partial charge in [0.15, 0.2) is 5.79 Å². The van der Waals surface area contributed by atoms with Crippen LogP contribution >= 0.6 is 0 Å². The summed E-state index contributed by atoms with van der Waals surface area (Å²) in [5, 5.41) is 9.85. The van der Waals surface area contributed by atoms with E-state index in [0.717, 1.165) is 12.8 Å². The van der Waals surface area contributed by atoms with E-state index in [2.05, 4.69) is 0 Å². The lowest BCUT2D eigenvalue weighted by Crippen LogP contribution is -2.58. The normalized spacial score (nSPS) is 56.4. The second-order valence-corrected chi connectivity index (χ2v) is 4.36. The number of hydrogen-bond donors (Lipinski definition) is 1. The van der Waals surface area contributed by atoms with E-state index in [1.807, 2.05) is 0 Å². The lowest BCUT2D eigenvalue weighted by Gasteiger charge is -2.52. The molecule has 0 radical (unpaired) electrons. The van der Waals surface area contributed by atoms with Crippen LogP contribution in [0, 0.1) is 11.8 Å². The second-order valence-electron chi connectivity index (χ2n) is 4.36. The van der Waals surface area contributed by atoms with E-state index >= 15 is 0 Å². The molecule has 0 spiro atoms. The highest BCUT2D eigenvalue weighted by Crippen LogP contribution is 2.49. The molecule has 66 valence electrons. The first-order chi connectivity index (χ1) is 5.66. The van der Waals surface area contributed by atoms with Gasteiger partial charge in [-0.15, -0.1) is 0 Å². The molecule has 0 aromatic rings. The maximum atomic E-state index is 11.5. The average molecular weight is 168 g/mol. The Morgan fingerprint density at radius 2 is 1.92 bits per heavy atom. The molecule has 3 heteroatoms. The van der Waals surface area contributed by atoms with Crippen LogP contribution < -0.4 is 0 Å². The van der Waals surface area contributed by atoms with Crippen molar-refractivity contribution in [2.24, 2.45) is 11.8 Å². The van der Waals surface area contributed by atoms with Crippen molar-refractivity contribution in [1.82, 2.24) is 0 Å². The van der Waals surface area contributed by atoms with Gasteiger partial charge >= 0.3 is 0 Å². The molecule has 4 fully saturated rings. The number of aliphatic hydroxyl groups is 1. The van der Waals surface area contributed by atoms with Gasteiger partial charge in [-0.25, -0.2) is 0 Å². The number of rotatable bonds is 0. The maximum absolute atomic E-state index is 11.5. The van der Waals surface area contributed by atoms with Crippen molar-refractivity contribution in [2.45, 2.75) is 37.6 Å². The van der Waals surface area contributed by atoms with Gasteiger partial charge in [0.2, 0.25) is 0 Å². The van der Waals surface area contributed by atoms with Gasteiger partial charge in [0.25, 0.3) is 0 Å². The van der Waals surface area contributed by atoms with Crippen LogP contribution in [0.15, 0.2) is 0 Å². The molecule has 2 aliphatic carbocycles. The van der Waals surface area contributed by atoms with Crippen molar-refractivity contribution in [3.8, 4) is 0 Å². The summed E-state index contributed by atoms with van der Waals surface area (Å²) in [6.45, 7) is 0. The number of carbonyl (C=O) groups is 1. The Morgan fingerprint density at radius 3 is 2.42 bits per heavy atom. The van der Waals surface area contributed by atoms with Crippen LogP contribution in [0.2, 0.25) is 0 Å². The summed E-state index contributed by atoms with van der Waals surface area (Å²) in [7, 11) is 0. The third-order valence-electron chi connectivity index (χ3n) is 3.42. The first-order valence-electron chi connectivity index (χ1n) is 4.60. The quantitative estimate of drug-likeness (QED) is 0.571. The molecule has 0 aromatic carbocycles. The molecule has 2 saturated heterocycles. The van der Waals surface area contributed by atoms with E-state index in [1.165, 1.54) is 0 Å². The fourth-order valence-electron chi connectivity index (χ4n) is 3.02. The maximum Gasteiger partial charge on any atom is 0.167 e. The topological polar surface area (TPSA) is 46.5 Å².